The lowest BCUT2D eigenvalue weighted by Gasteiger charge is -2.03. The maximum absolute atomic E-state index is 10.3. The second-order valence-corrected chi connectivity index (χ2v) is 2.22. The van der Waals surface area contributed by atoms with Crippen molar-refractivity contribution in [1.82, 2.24) is 9.03 Å². The molecule has 0 aromatic heterocycles. The van der Waals surface area contributed by atoms with Crippen molar-refractivity contribution < 1.29 is 4.79 Å². The number of rotatable bonds is 0. The first kappa shape index (κ1) is 6.09. The molecule has 1 rings (SSSR count). The van der Waals surface area contributed by atoms with Crippen LogP contribution in [0.25, 0.3) is 0 Å². The van der Waals surface area contributed by atoms with Gasteiger partial charge in [0.2, 0.25) is 0 Å². The summed E-state index contributed by atoms with van der Waals surface area (Å²) in [5.74, 6) is 0.429. The molecule has 6 heteroatoms. The molecule has 0 aromatic carbocycles. The van der Waals surface area contributed by atoms with E-state index in [-0.39, 0.29) is 0 Å². The number of nitrogens with one attached hydrogen (secondary N) is 1. The fourth-order valence-electron chi connectivity index (χ4n) is 0.390. The molecule has 2 amide bonds. The van der Waals surface area contributed by atoms with Gasteiger partial charge in [-0.15, -0.1) is 0 Å². The highest BCUT2D eigenvalue weighted by molar-refractivity contribution is 7.96. The van der Waals surface area contributed by atoms with Crippen molar-refractivity contribution in [2.75, 3.05) is 0 Å². The number of urea groups is 1. The third-order valence-corrected chi connectivity index (χ3v) is 1.54. The predicted octanol–water partition coefficient (Wildman–Crippen LogP) is -0.709. The van der Waals surface area contributed by atoms with Crippen LogP contribution in [0.15, 0.2) is 12.0 Å². The van der Waals surface area contributed by atoms with Crippen LogP contribution in [-0.4, -0.2) is 10.3 Å². The molecule has 50 valence electrons. The molecule has 5 nitrogen and oxygen atoms in total. The maximum Gasteiger partial charge on any atom is 0.330 e. The van der Waals surface area contributed by atoms with Crippen molar-refractivity contribution in [2.45, 2.75) is 0 Å². The predicted molar refractivity (Wildman–Crippen MR) is 34.4 cm³/mol. The summed E-state index contributed by atoms with van der Waals surface area (Å²) in [5, 5.41) is 0. The molecule has 1 heterocycles. The SMILES string of the molecule is NC(=O)N1C=C(N)NS1. The van der Waals surface area contributed by atoms with E-state index >= 15 is 0 Å². The number of hydrogen-bond acceptors (Lipinski definition) is 4. The highest BCUT2D eigenvalue weighted by Gasteiger charge is 2.13. The van der Waals surface area contributed by atoms with Crippen molar-refractivity contribution in [1.29, 1.82) is 0 Å². The summed E-state index contributed by atoms with van der Waals surface area (Å²) >= 11 is 1.05. The molecule has 1 aliphatic rings. The van der Waals surface area contributed by atoms with Crippen LogP contribution in [0.1, 0.15) is 0 Å². The third kappa shape index (κ3) is 1.20. The van der Waals surface area contributed by atoms with Gasteiger partial charge in [0.05, 0.1) is 18.3 Å². The van der Waals surface area contributed by atoms with E-state index in [1.807, 2.05) is 0 Å². The Morgan fingerprint density at radius 3 is 2.78 bits per heavy atom. The van der Waals surface area contributed by atoms with Gasteiger partial charge in [0.1, 0.15) is 5.82 Å². The monoisotopic (exact) mass is 146 g/mol. The van der Waals surface area contributed by atoms with E-state index in [0.717, 1.165) is 12.1 Å². The quantitative estimate of drug-likeness (QED) is 0.394. The van der Waals surface area contributed by atoms with Gasteiger partial charge in [-0.1, -0.05) is 0 Å². The van der Waals surface area contributed by atoms with Crippen LogP contribution in [0.2, 0.25) is 0 Å². The number of nitrogens with zero attached hydrogens (tertiary/aromatic N) is 1. The Hall–Kier alpha value is -1.04. The minimum Gasteiger partial charge on any atom is -0.384 e. The first-order valence-corrected chi connectivity index (χ1v) is 2.96. The van der Waals surface area contributed by atoms with Crippen molar-refractivity contribution in [3.05, 3.63) is 12.0 Å². The zero-order valence-electron chi connectivity index (χ0n) is 4.50. The molecule has 0 saturated carbocycles. The molecule has 9 heavy (non-hydrogen) atoms. The van der Waals surface area contributed by atoms with Crippen LogP contribution >= 0.6 is 12.1 Å². The van der Waals surface area contributed by atoms with Crippen LogP contribution < -0.4 is 16.2 Å². The minimum atomic E-state index is -0.534. The molecular weight excluding hydrogens is 140 g/mol. The Kier molecular flexibility index (Phi) is 1.39. The normalized spacial score (nSPS) is 16.9. The van der Waals surface area contributed by atoms with Gasteiger partial charge in [-0.3, -0.25) is 4.72 Å². The number of nitrogens with two attached hydrogens (primary N) is 2. The fourth-order valence-corrected chi connectivity index (χ4v) is 0.902. The van der Waals surface area contributed by atoms with Gasteiger partial charge in [-0.2, -0.15) is 0 Å². The van der Waals surface area contributed by atoms with Crippen LogP contribution in [0, 0.1) is 0 Å². The molecule has 0 unspecified atom stereocenters. The number of amides is 2. The summed E-state index contributed by atoms with van der Waals surface area (Å²) in [5.41, 5.74) is 10.1. The van der Waals surface area contributed by atoms with Crippen LogP contribution in [-0.2, 0) is 0 Å². The lowest BCUT2D eigenvalue weighted by atomic mass is 10.8. The molecule has 0 atom stereocenters. The largest absolute Gasteiger partial charge is 0.384 e. The average molecular weight is 146 g/mol. The van der Waals surface area contributed by atoms with Crippen LogP contribution in [0.4, 0.5) is 4.79 Å². The van der Waals surface area contributed by atoms with Gasteiger partial charge in [-0.05, 0) is 0 Å². The summed E-state index contributed by atoms with van der Waals surface area (Å²) in [7, 11) is 0. The summed E-state index contributed by atoms with van der Waals surface area (Å²) in [6.07, 6.45) is 1.42. The molecule has 1 aliphatic heterocycles. The molecule has 0 aromatic rings. The lowest BCUT2D eigenvalue weighted by molar-refractivity contribution is 0.242. The molecule has 0 radical (unpaired) electrons. The second-order valence-electron chi connectivity index (χ2n) is 1.44. The number of hydrogen-bond donors (Lipinski definition) is 3. The first-order valence-electron chi connectivity index (χ1n) is 2.19. The molecular formula is C3H6N4OS. The maximum atomic E-state index is 10.3. The number of carbonyl (C=O) groups excluding carboxylic acids is 1. The molecule has 5 N–H and O–H groups in total. The number of carbonyl (C=O) groups is 1. The van der Waals surface area contributed by atoms with E-state index < -0.39 is 6.03 Å². The Balaban J connectivity index is 2.57. The Bertz CT molecular complexity index is 167. The Labute approximate surface area is 56.3 Å². The zero-order valence-corrected chi connectivity index (χ0v) is 5.31. The molecule has 0 spiro atoms. The van der Waals surface area contributed by atoms with Crippen molar-refractivity contribution in [3.8, 4) is 0 Å². The van der Waals surface area contributed by atoms with E-state index in [2.05, 4.69) is 4.72 Å². The average Bonchev–Trinajstić information content (AvgIpc) is 2.14. The minimum absolute atomic E-state index is 0.429. The fraction of sp³-hybridized carbons (Fsp3) is 0. The van der Waals surface area contributed by atoms with Gasteiger partial charge >= 0.3 is 6.03 Å². The van der Waals surface area contributed by atoms with E-state index in [1.54, 1.807) is 0 Å². The second kappa shape index (κ2) is 2.06. The van der Waals surface area contributed by atoms with E-state index in [9.17, 15) is 4.79 Å². The van der Waals surface area contributed by atoms with E-state index in [4.69, 9.17) is 11.5 Å². The van der Waals surface area contributed by atoms with Gasteiger partial charge in [0, 0.05) is 0 Å². The van der Waals surface area contributed by atoms with Crippen molar-refractivity contribution in [2.24, 2.45) is 11.5 Å². The molecule has 0 fully saturated rings. The standard InChI is InChI=1S/C3H6N4OS/c4-2-1-7(3(5)8)9-6-2/h1,6H,4H2,(H2,5,8). The van der Waals surface area contributed by atoms with Crippen molar-refractivity contribution >= 4 is 18.2 Å². The highest BCUT2D eigenvalue weighted by atomic mass is 32.2. The Morgan fingerprint density at radius 2 is 2.56 bits per heavy atom. The Morgan fingerprint density at radius 1 is 1.89 bits per heavy atom. The molecule has 0 bridgehead atoms. The molecule has 0 saturated heterocycles. The summed E-state index contributed by atoms with van der Waals surface area (Å²) in [6.45, 7) is 0. The third-order valence-electron chi connectivity index (χ3n) is 0.735. The molecule has 0 aliphatic carbocycles. The van der Waals surface area contributed by atoms with Gasteiger partial charge in [-0.25, -0.2) is 9.10 Å². The highest BCUT2D eigenvalue weighted by Crippen LogP contribution is 2.13. The summed E-state index contributed by atoms with van der Waals surface area (Å²) in [4.78, 5) is 10.3. The van der Waals surface area contributed by atoms with E-state index in [1.165, 1.54) is 10.5 Å². The zero-order chi connectivity index (χ0) is 6.85. The van der Waals surface area contributed by atoms with Crippen molar-refractivity contribution in [3.63, 3.8) is 0 Å². The lowest BCUT2D eigenvalue weighted by Crippen LogP contribution is -2.23. The smallest absolute Gasteiger partial charge is 0.330 e. The van der Waals surface area contributed by atoms with Gasteiger partial charge in [0.15, 0.2) is 0 Å². The van der Waals surface area contributed by atoms with Crippen LogP contribution in [0.3, 0.4) is 0 Å². The van der Waals surface area contributed by atoms with Crippen LogP contribution in [0.5, 0.6) is 0 Å². The topological polar surface area (TPSA) is 84.4 Å². The van der Waals surface area contributed by atoms with Gasteiger partial charge in [0.25, 0.3) is 0 Å². The summed E-state index contributed by atoms with van der Waals surface area (Å²) in [6, 6.07) is -0.534. The van der Waals surface area contributed by atoms with E-state index in [0.29, 0.717) is 5.82 Å². The number of primary amides is 1. The van der Waals surface area contributed by atoms with Gasteiger partial charge < -0.3 is 11.5 Å². The summed E-state index contributed by atoms with van der Waals surface area (Å²) < 4.78 is 3.84. The first-order chi connectivity index (χ1) is 4.20.